The fourth-order valence-electron chi connectivity index (χ4n) is 4.55. The van der Waals surface area contributed by atoms with Crippen LogP contribution in [0.5, 0.6) is 5.88 Å². The van der Waals surface area contributed by atoms with E-state index in [-0.39, 0.29) is 5.92 Å². The Kier molecular flexibility index (Phi) is 4.37. The number of benzene rings is 1. The van der Waals surface area contributed by atoms with Crippen molar-refractivity contribution >= 4 is 9.84 Å². The highest BCUT2D eigenvalue weighted by atomic mass is 32.2. The number of ether oxygens (including phenoxy) is 1. The second-order valence-electron chi connectivity index (χ2n) is 7.54. The Labute approximate surface area is 170 Å². The number of aromatic nitrogens is 2. The van der Waals surface area contributed by atoms with Crippen molar-refractivity contribution in [2.75, 3.05) is 20.2 Å². The third kappa shape index (κ3) is 3.01. The second-order valence-corrected chi connectivity index (χ2v) is 9.68. The van der Waals surface area contributed by atoms with Crippen LogP contribution in [0, 0.1) is 0 Å². The van der Waals surface area contributed by atoms with Gasteiger partial charge in [0.2, 0.25) is 5.88 Å². The van der Waals surface area contributed by atoms with E-state index in [0.717, 1.165) is 22.3 Å². The van der Waals surface area contributed by atoms with Crippen molar-refractivity contribution < 1.29 is 13.2 Å². The van der Waals surface area contributed by atoms with Gasteiger partial charge in [0, 0.05) is 49.7 Å². The third-order valence-electron chi connectivity index (χ3n) is 5.91. The summed E-state index contributed by atoms with van der Waals surface area (Å²) in [7, 11) is -1.72. The Hall–Kier alpha value is -2.77. The zero-order chi connectivity index (χ0) is 20.0. The largest absolute Gasteiger partial charge is 0.481 e. The normalized spacial score (nSPS) is 22.2. The van der Waals surface area contributed by atoms with Crippen LogP contribution in [-0.2, 0) is 16.4 Å². The smallest absolute Gasteiger partial charge is 0.217 e. The SMILES string of the molecule is COc1ncccc1CN1C[C@@H]2[C@@H](C1)c1cc(-c3ccncc3)ccc1S2(=O)=O. The van der Waals surface area contributed by atoms with Crippen LogP contribution in [0.4, 0.5) is 0 Å². The third-order valence-corrected chi connectivity index (χ3v) is 8.17. The first-order chi connectivity index (χ1) is 14.1. The lowest BCUT2D eigenvalue weighted by molar-refractivity contribution is 0.313. The van der Waals surface area contributed by atoms with Crippen molar-refractivity contribution in [1.29, 1.82) is 0 Å². The highest BCUT2D eigenvalue weighted by Gasteiger charge is 2.50. The molecule has 0 bridgehead atoms. The molecular formula is C22H21N3O3S. The van der Waals surface area contributed by atoms with E-state index in [1.54, 1.807) is 31.8 Å². The lowest BCUT2D eigenvalue weighted by Gasteiger charge is -2.18. The standard InChI is InChI=1S/C22H21N3O3S/c1-28-22-17(3-2-8-24-22)12-25-13-19-18-11-16(15-6-9-23-10-7-15)4-5-20(18)29(26,27)21(19)14-25/h2-11,19,21H,12-14H2,1H3/t19-,21+/m0/s1. The molecule has 0 radical (unpaired) electrons. The average Bonchev–Trinajstić information content (AvgIpc) is 3.26. The number of hydrogen-bond acceptors (Lipinski definition) is 6. The van der Waals surface area contributed by atoms with E-state index in [1.807, 2.05) is 36.4 Å². The van der Waals surface area contributed by atoms with E-state index in [2.05, 4.69) is 14.9 Å². The van der Waals surface area contributed by atoms with Crippen LogP contribution in [0.3, 0.4) is 0 Å². The molecule has 3 aromatic rings. The van der Waals surface area contributed by atoms with E-state index in [1.165, 1.54) is 0 Å². The van der Waals surface area contributed by atoms with Gasteiger partial charge in [-0.1, -0.05) is 12.1 Å². The predicted molar refractivity (Wildman–Crippen MR) is 109 cm³/mol. The number of methoxy groups -OCH3 is 1. The fraction of sp³-hybridized carbons (Fsp3) is 0.273. The lowest BCUT2D eigenvalue weighted by atomic mass is 9.95. The van der Waals surface area contributed by atoms with E-state index >= 15 is 0 Å². The minimum absolute atomic E-state index is 0.0144. The molecule has 0 unspecified atom stereocenters. The van der Waals surface area contributed by atoms with Gasteiger partial charge < -0.3 is 4.74 Å². The number of fused-ring (bicyclic) bond motifs is 3. The zero-order valence-electron chi connectivity index (χ0n) is 16.0. The van der Waals surface area contributed by atoms with Crippen LogP contribution in [0.15, 0.2) is 66.0 Å². The predicted octanol–water partition coefficient (Wildman–Crippen LogP) is 2.91. The number of nitrogens with zero attached hydrogens (tertiary/aromatic N) is 3. The molecule has 4 heterocycles. The Morgan fingerprint density at radius 2 is 1.90 bits per heavy atom. The van der Waals surface area contributed by atoms with Gasteiger partial charge in [0.1, 0.15) is 0 Å². The molecule has 0 spiro atoms. The van der Waals surface area contributed by atoms with Gasteiger partial charge in [-0.25, -0.2) is 13.4 Å². The van der Waals surface area contributed by atoms with E-state index < -0.39 is 15.1 Å². The van der Waals surface area contributed by atoms with Crippen molar-refractivity contribution in [1.82, 2.24) is 14.9 Å². The topological polar surface area (TPSA) is 72.4 Å². The highest BCUT2D eigenvalue weighted by molar-refractivity contribution is 7.92. The summed E-state index contributed by atoms with van der Waals surface area (Å²) < 4.78 is 31.7. The Balaban J connectivity index is 1.47. The number of pyridine rings is 2. The fourth-order valence-corrected chi connectivity index (χ4v) is 6.74. The summed E-state index contributed by atoms with van der Waals surface area (Å²) in [5.74, 6) is 0.576. The summed E-state index contributed by atoms with van der Waals surface area (Å²) in [5.41, 5.74) is 3.97. The molecule has 6 nitrogen and oxygen atoms in total. The molecule has 0 aliphatic carbocycles. The molecule has 29 heavy (non-hydrogen) atoms. The van der Waals surface area contributed by atoms with Gasteiger partial charge in [0.05, 0.1) is 17.3 Å². The van der Waals surface area contributed by atoms with Crippen molar-refractivity contribution in [3.63, 3.8) is 0 Å². The van der Waals surface area contributed by atoms with Gasteiger partial charge in [-0.05, 0) is 47.0 Å². The van der Waals surface area contributed by atoms with Crippen molar-refractivity contribution in [2.24, 2.45) is 0 Å². The van der Waals surface area contributed by atoms with Crippen LogP contribution in [0.25, 0.3) is 11.1 Å². The molecule has 0 saturated carbocycles. The summed E-state index contributed by atoms with van der Waals surface area (Å²) >= 11 is 0. The zero-order valence-corrected chi connectivity index (χ0v) is 16.8. The number of sulfone groups is 1. The average molecular weight is 407 g/mol. The molecule has 0 N–H and O–H groups in total. The quantitative estimate of drug-likeness (QED) is 0.662. The lowest BCUT2D eigenvalue weighted by Crippen LogP contribution is -2.26. The van der Waals surface area contributed by atoms with Crippen molar-refractivity contribution in [2.45, 2.75) is 22.6 Å². The first-order valence-electron chi connectivity index (χ1n) is 9.56. The summed E-state index contributed by atoms with van der Waals surface area (Å²) in [5, 5.41) is -0.396. The van der Waals surface area contributed by atoms with Crippen LogP contribution in [0.1, 0.15) is 17.0 Å². The summed E-state index contributed by atoms with van der Waals surface area (Å²) in [6.45, 7) is 1.85. The molecule has 7 heteroatoms. The van der Waals surface area contributed by atoms with Crippen LogP contribution < -0.4 is 4.74 Å². The molecule has 2 aromatic heterocycles. The Bertz CT molecular complexity index is 1160. The van der Waals surface area contributed by atoms with Gasteiger partial charge in [-0.3, -0.25) is 9.88 Å². The summed E-state index contributed by atoms with van der Waals surface area (Å²) in [4.78, 5) is 11.0. The first kappa shape index (κ1) is 18.3. The maximum Gasteiger partial charge on any atom is 0.217 e. The molecule has 5 rings (SSSR count). The number of hydrogen-bond donors (Lipinski definition) is 0. The first-order valence-corrected chi connectivity index (χ1v) is 11.1. The highest BCUT2D eigenvalue weighted by Crippen LogP contribution is 2.46. The molecule has 2 atom stereocenters. The molecule has 1 saturated heterocycles. The van der Waals surface area contributed by atoms with Gasteiger partial charge in [-0.2, -0.15) is 0 Å². The van der Waals surface area contributed by atoms with Crippen molar-refractivity contribution in [3.8, 4) is 17.0 Å². The van der Waals surface area contributed by atoms with Gasteiger partial charge >= 0.3 is 0 Å². The second kappa shape index (κ2) is 6.93. The molecule has 2 aliphatic heterocycles. The minimum atomic E-state index is -3.32. The molecule has 1 fully saturated rings. The number of likely N-dealkylation sites (tertiary alicyclic amines) is 1. The summed E-state index contributed by atoms with van der Waals surface area (Å²) in [6, 6.07) is 13.4. The molecule has 148 valence electrons. The molecule has 1 aromatic carbocycles. The molecule has 0 amide bonds. The van der Waals surface area contributed by atoms with Gasteiger partial charge in [-0.15, -0.1) is 0 Å². The molecular weight excluding hydrogens is 386 g/mol. The summed E-state index contributed by atoms with van der Waals surface area (Å²) in [6.07, 6.45) is 5.20. The maximum absolute atomic E-state index is 13.2. The number of rotatable bonds is 4. The maximum atomic E-state index is 13.2. The van der Waals surface area contributed by atoms with E-state index in [4.69, 9.17) is 4.74 Å². The van der Waals surface area contributed by atoms with Crippen LogP contribution in [-0.4, -0.2) is 48.7 Å². The Morgan fingerprint density at radius 1 is 1.07 bits per heavy atom. The van der Waals surface area contributed by atoms with Crippen LogP contribution in [0.2, 0.25) is 0 Å². The monoisotopic (exact) mass is 407 g/mol. The molecule has 2 aliphatic rings. The van der Waals surface area contributed by atoms with Crippen LogP contribution >= 0.6 is 0 Å². The Morgan fingerprint density at radius 3 is 2.69 bits per heavy atom. The minimum Gasteiger partial charge on any atom is -0.481 e. The van der Waals surface area contributed by atoms with E-state index in [0.29, 0.717) is 30.4 Å². The van der Waals surface area contributed by atoms with E-state index in [9.17, 15) is 8.42 Å². The van der Waals surface area contributed by atoms with Gasteiger partial charge in [0.15, 0.2) is 9.84 Å². The van der Waals surface area contributed by atoms with Gasteiger partial charge in [0.25, 0.3) is 0 Å². The van der Waals surface area contributed by atoms with Crippen molar-refractivity contribution in [3.05, 3.63) is 72.2 Å².